The smallest absolute Gasteiger partial charge is 0.184 e. The molecule has 29 heavy (non-hydrogen) atoms. The van der Waals surface area contributed by atoms with Crippen LogP contribution < -0.4 is 15.4 Å². The van der Waals surface area contributed by atoms with E-state index in [1.165, 1.54) is 5.56 Å². The third kappa shape index (κ3) is 5.02. The Bertz CT molecular complexity index is 963. The van der Waals surface area contributed by atoms with Gasteiger partial charge in [0.1, 0.15) is 5.75 Å². The molecule has 2 N–H and O–H groups in total. The molecule has 4 rings (SSSR count). The maximum Gasteiger partial charge on any atom is 0.184 e. The molecular weight excluding hydrogens is 400 g/mol. The van der Waals surface area contributed by atoms with Crippen molar-refractivity contribution in [2.45, 2.75) is 51.5 Å². The van der Waals surface area contributed by atoms with Crippen LogP contribution in [0.3, 0.4) is 0 Å². The topological polar surface area (TPSA) is 59.1 Å². The first-order chi connectivity index (χ1) is 14.0. The van der Waals surface area contributed by atoms with E-state index in [-0.39, 0.29) is 6.10 Å². The molecule has 0 amide bonds. The lowest BCUT2D eigenvalue weighted by atomic mass is 10.1. The van der Waals surface area contributed by atoms with Gasteiger partial charge in [-0.1, -0.05) is 17.4 Å². The van der Waals surface area contributed by atoms with Crippen molar-refractivity contribution < 1.29 is 4.74 Å². The van der Waals surface area contributed by atoms with Gasteiger partial charge in [0.15, 0.2) is 5.13 Å². The fourth-order valence-corrected chi connectivity index (χ4v) is 5.43. The molecule has 1 unspecified atom stereocenters. The first-order valence-corrected chi connectivity index (χ1v) is 12.0. The normalized spacial score (nSPS) is 16.8. The summed E-state index contributed by atoms with van der Waals surface area (Å²) in [6, 6.07) is 8.86. The maximum atomic E-state index is 6.13. The van der Waals surface area contributed by atoms with Gasteiger partial charge >= 0.3 is 0 Å². The molecule has 1 aliphatic rings. The predicted molar refractivity (Wildman–Crippen MR) is 125 cm³/mol. The van der Waals surface area contributed by atoms with Gasteiger partial charge in [-0.05, 0) is 57.9 Å². The van der Waals surface area contributed by atoms with Crippen LogP contribution in [0.4, 0.5) is 5.13 Å². The van der Waals surface area contributed by atoms with Gasteiger partial charge in [-0.3, -0.25) is 4.98 Å². The molecule has 0 saturated carbocycles. The Labute approximate surface area is 180 Å². The fourth-order valence-electron chi connectivity index (χ4n) is 3.37. The Hall–Kier alpha value is -1.83. The van der Waals surface area contributed by atoms with E-state index in [2.05, 4.69) is 62.6 Å². The zero-order valence-corrected chi connectivity index (χ0v) is 19.0. The number of benzene rings is 1. The average molecular weight is 429 g/mol. The Kier molecular flexibility index (Phi) is 6.27. The largest absolute Gasteiger partial charge is 0.489 e. The van der Waals surface area contributed by atoms with Crippen LogP contribution >= 0.6 is 23.1 Å². The third-order valence-corrected chi connectivity index (χ3v) is 6.80. The minimum Gasteiger partial charge on any atom is -0.489 e. The summed E-state index contributed by atoms with van der Waals surface area (Å²) >= 11 is 3.63. The molecule has 154 valence electrons. The van der Waals surface area contributed by atoms with Gasteiger partial charge in [0, 0.05) is 35.5 Å². The van der Waals surface area contributed by atoms with Gasteiger partial charge in [-0.2, -0.15) is 0 Å². The first kappa shape index (κ1) is 20.4. The summed E-state index contributed by atoms with van der Waals surface area (Å²) in [6.07, 6.45) is 3.17. The van der Waals surface area contributed by atoms with Crippen LogP contribution in [-0.4, -0.2) is 39.8 Å². The second kappa shape index (κ2) is 8.90. The number of ether oxygens (including phenoxy) is 1. The number of thiazole rings is 1. The number of anilines is 1. The van der Waals surface area contributed by atoms with Gasteiger partial charge in [-0.15, -0.1) is 11.8 Å². The SMILES string of the molecule is CC(C)Nc1nc2cc(-c3ccc(CC4CNCS4)cn3)cc(OC(C)C)c2s1. The molecule has 1 saturated heterocycles. The van der Waals surface area contributed by atoms with Crippen LogP contribution in [0.25, 0.3) is 21.5 Å². The van der Waals surface area contributed by atoms with Gasteiger partial charge in [0.2, 0.25) is 0 Å². The molecular formula is C22H28N4OS2. The number of aromatic nitrogens is 2. The van der Waals surface area contributed by atoms with Crippen LogP contribution in [0.15, 0.2) is 30.5 Å². The van der Waals surface area contributed by atoms with Crippen LogP contribution in [0, 0.1) is 0 Å². The molecule has 3 heterocycles. The first-order valence-electron chi connectivity index (χ1n) is 10.1. The van der Waals surface area contributed by atoms with Crippen LogP contribution in [-0.2, 0) is 6.42 Å². The van der Waals surface area contributed by atoms with Crippen molar-refractivity contribution in [3.63, 3.8) is 0 Å². The number of thioether (sulfide) groups is 1. The fraction of sp³-hybridized carbons (Fsp3) is 0.455. The van der Waals surface area contributed by atoms with E-state index in [1.54, 1.807) is 11.3 Å². The summed E-state index contributed by atoms with van der Waals surface area (Å²) in [5, 5.41) is 8.37. The van der Waals surface area contributed by atoms with E-state index >= 15 is 0 Å². The Morgan fingerprint density at radius 1 is 1.24 bits per heavy atom. The molecule has 0 radical (unpaired) electrons. The van der Waals surface area contributed by atoms with E-state index in [0.717, 1.165) is 51.2 Å². The second-order valence-corrected chi connectivity index (χ2v) is 10.2. The molecule has 1 aliphatic heterocycles. The number of nitrogens with one attached hydrogen (secondary N) is 2. The lowest BCUT2D eigenvalue weighted by Crippen LogP contribution is -2.14. The molecule has 0 bridgehead atoms. The molecule has 7 heteroatoms. The molecule has 0 aliphatic carbocycles. The third-order valence-electron chi connectivity index (χ3n) is 4.61. The molecule has 2 aromatic heterocycles. The van der Waals surface area contributed by atoms with Crippen molar-refractivity contribution in [2.24, 2.45) is 0 Å². The molecule has 1 fully saturated rings. The Balaban J connectivity index is 1.65. The zero-order chi connectivity index (χ0) is 20.4. The predicted octanol–water partition coefficient (Wildman–Crippen LogP) is 5.17. The van der Waals surface area contributed by atoms with Crippen molar-refractivity contribution in [3.8, 4) is 17.0 Å². The minimum atomic E-state index is 0.102. The highest BCUT2D eigenvalue weighted by Crippen LogP contribution is 2.38. The lowest BCUT2D eigenvalue weighted by Gasteiger charge is -2.12. The van der Waals surface area contributed by atoms with Crippen molar-refractivity contribution >= 4 is 38.4 Å². The highest BCUT2D eigenvalue weighted by Gasteiger charge is 2.17. The Morgan fingerprint density at radius 3 is 2.76 bits per heavy atom. The molecule has 1 aromatic carbocycles. The Morgan fingerprint density at radius 2 is 2.10 bits per heavy atom. The molecule has 5 nitrogen and oxygen atoms in total. The lowest BCUT2D eigenvalue weighted by molar-refractivity contribution is 0.246. The number of rotatable bonds is 7. The van der Waals surface area contributed by atoms with E-state index in [4.69, 9.17) is 14.7 Å². The summed E-state index contributed by atoms with van der Waals surface area (Å²) in [5.74, 6) is 1.93. The van der Waals surface area contributed by atoms with Gasteiger partial charge in [0.05, 0.1) is 22.0 Å². The van der Waals surface area contributed by atoms with Crippen LogP contribution in [0.1, 0.15) is 33.3 Å². The van der Waals surface area contributed by atoms with Crippen molar-refractivity contribution in [2.75, 3.05) is 17.7 Å². The summed E-state index contributed by atoms with van der Waals surface area (Å²) < 4.78 is 7.20. The summed E-state index contributed by atoms with van der Waals surface area (Å²) in [7, 11) is 0. The van der Waals surface area contributed by atoms with E-state index < -0.39 is 0 Å². The molecule has 1 atom stereocenters. The summed E-state index contributed by atoms with van der Waals surface area (Å²) in [4.78, 5) is 9.53. The van der Waals surface area contributed by atoms with Gasteiger partial charge < -0.3 is 15.4 Å². The van der Waals surface area contributed by atoms with Crippen molar-refractivity contribution in [1.82, 2.24) is 15.3 Å². The second-order valence-electron chi connectivity index (χ2n) is 7.95. The highest BCUT2D eigenvalue weighted by molar-refractivity contribution is 8.00. The minimum absolute atomic E-state index is 0.102. The summed E-state index contributed by atoms with van der Waals surface area (Å²) in [5.41, 5.74) is 4.23. The molecule has 3 aromatic rings. The number of nitrogens with zero attached hydrogens (tertiary/aromatic N) is 2. The number of hydrogen-bond donors (Lipinski definition) is 2. The van der Waals surface area contributed by atoms with Crippen molar-refractivity contribution in [3.05, 3.63) is 36.0 Å². The quantitative estimate of drug-likeness (QED) is 0.541. The molecule has 0 spiro atoms. The van der Waals surface area contributed by atoms with E-state index in [1.807, 2.05) is 18.0 Å². The van der Waals surface area contributed by atoms with Gasteiger partial charge in [0.25, 0.3) is 0 Å². The van der Waals surface area contributed by atoms with Gasteiger partial charge in [-0.25, -0.2) is 4.98 Å². The van der Waals surface area contributed by atoms with Crippen LogP contribution in [0.2, 0.25) is 0 Å². The maximum absolute atomic E-state index is 6.13. The monoisotopic (exact) mass is 428 g/mol. The number of fused-ring (bicyclic) bond motifs is 1. The zero-order valence-electron chi connectivity index (χ0n) is 17.4. The number of pyridine rings is 1. The van der Waals surface area contributed by atoms with E-state index in [9.17, 15) is 0 Å². The highest BCUT2D eigenvalue weighted by atomic mass is 32.2. The number of hydrogen-bond acceptors (Lipinski definition) is 7. The standard InChI is InChI=1S/C22H28N4OS2/c1-13(2)25-22-26-19-8-16(9-20(21(19)29-22)27-14(3)4)18-6-5-15(10-24-18)7-17-11-23-12-28-17/h5-6,8-10,13-14,17,23H,7,11-12H2,1-4H3,(H,25,26). The van der Waals surface area contributed by atoms with E-state index in [0.29, 0.717) is 11.3 Å². The average Bonchev–Trinajstić information content (AvgIpc) is 3.30. The van der Waals surface area contributed by atoms with Crippen LogP contribution in [0.5, 0.6) is 5.75 Å². The van der Waals surface area contributed by atoms with Crippen molar-refractivity contribution in [1.29, 1.82) is 0 Å². The summed E-state index contributed by atoms with van der Waals surface area (Å²) in [6.45, 7) is 9.42.